The van der Waals surface area contributed by atoms with Crippen LogP contribution < -0.4 is 15.6 Å². The molecule has 1 fully saturated rings. The minimum Gasteiger partial charge on any atom is -0.369 e. The minimum absolute atomic E-state index is 0.176. The molecule has 1 aliphatic rings. The van der Waals surface area contributed by atoms with Crippen LogP contribution in [0, 0.1) is 6.92 Å². The average molecular weight is 471 g/mol. The molecule has 2 heterocycles. The second kappa shape index (κ2) is 9.30. The molecule has 7 nitrogen and oxygen atoms in total. The van der Waals surface area contributed by atoms with Crippen molar-refractivity contribution in [1.29, 1.82) is 0 Å². The number of hydrogen-bond donors (Lipinski definition) is 1. The van der Waals surface area contributed by atoms with Crippen molar-refractivity contribution in [2.24, 2.45) is 0 Å². The zero-order valence-electron chi connectivity index (χ0n) is 18.8. The largest absolute Gasteiger partial charge is 0.418 e. The molecule has 178 valence electrons. The standard InChI is InChI=1S/C24H24F3N5O2/c1-16-15-21(33)22(29-32(16)20-6-4-3-5-19(20)24(25,26)27)23(34)28-17-7-9-18(10-8-17)31-13-11-30(2)12-14-31/h3-10,15H,11-14H2,1-2H3,(H,28,34). The lowest BCUT2D eigenvalue weighted by molar-refractivity contribution is -0.137. The van der Waals surface area contributed by atoms with Crippen LogP contribution >= 0.6 is 0 Å². The molecule has 1 N–H and O–H groups in total. The lowest BCUT2D eigenvalue weighted by Crippen LogP contribution is -2.44. The summed E-state index contributed by atoms with van der Waals surface area (Å²) in [6.45, 7) is 5.17. The number of anilines is 2. The Kier molecular flexibility index (Phi) is 6.43. The Balaban J connectivity index is 1.59. The quantitative estimate of drug-likeness (QED) is 0.630. The molecule has 10 heteroatoms. The molecule has 0 saturated carbocycles. The first-order chi connectivity index (χ1) is 16.1. The molecule has 0 unspecified atom stereocenters. The highest BCUT2D eigenvalue weighted by atomic mass is 19.4. The number of aryl methyl sites for hydroxylation is 1. The molecule has 0 radical (unpaired) electrons. The third-order valence-corrected chi connectivity index (χ3v) is 5.75. The van der Waals surface area contributed by atoms with Crippen molar-refractivity contribution < 1.29 is 18.0 Å². The number of halogens is 3. The summed E-state index contributed by atoms with van der Waals surface area (Å²) in [7, 11) is 2.07. The summed E-state index contributed by atoms with van der Waals surface area (Å²) >= 11 is 0. The number of nitrogens with one attached hydrogen (secondary N) is 1. The van der Waals surface area contributed by atoms with E-state index < -0.39 is 28.8 Å². The SMILES string of the molecule is Cc1cc(=O)c(C(=O)Nc2ccc(N3CCN(C)CC3)cc2)nn1-c1ccccc1C(F)(F)F. The van der Waals surface area contributed by atoms with Gasteiger partial charge in [0.25, 0.3) is 5.91 Å². The third-order valence-electron chi connectivity index (χ3n) is 5.75. The molecule has 0 aliphatic carbocycles. The number of hydrogen-bond acceptors (Lipinski definition) is 5. The van der Waals surface area contributed by atoms with Crippen LogP contribution in [0.25, 0.3) is 5.69 Å². The first kappa shape index (κ1) is 23.5. The fourth-order valence-corrected chi connectivity index (χ4v) is 3.86. The monoisotopic (exact) mass is 471 g/mol. The van der Waals surface area contributed by atoms with Crippen LogP contribution in [0.3, 0.4) is 0 Å². The van der Waals surface area contributed by atoms with E-state index in [1.165, 1.54) is 25.1 Å². The van der Waals surface area contributed by atoms with E-state index in [0.717, 1.165) is 48.7 Å². The summed E-state index contributed by atoms with van der Waals surface area (Å²) in [6.07, 6.45) is -4.62. The molecule has 1 saturated heterocycles. The fraction of sp³-hybridized carbons (Fsp3) is 0.292. The predicted molar refractivity (Wildman–Crippen MR) is 124 cm³/mol. The van der Waals surface area contributed by atoms with Crippen molar-refractivity contribution in [3.63, 3.8) is 0 Å². The summed E-state index contributed by atoms with van der Waals surface area (Å²) in [4.78, 5) is 29.8. The first-order valence-electron chi connectivity index (χ1n) is 10.8. The van der Waals surface area contributed by atoms with Crippen LogP contribution in [0.15, 0.2) is 59.4 Å². The van der Waals surface area contributed by atoms with E-state index >= 15 is 0 Å². The summed E-state index contributed by atoms with van der Waals surface area (Å²) < 4.78 is 41.4. The van der Waals surface area contributed by atoms with Gasteiger partial charge >= 0.3 is 6.18 Å². The van der Waals surface area contributed by atoms with Gasteiger partial charge in [0.1, 0.15) is 0 Å². The van der Waals surface area contributed by atoms with E-state index in [1.807, 2.05) is 12.1 Å². The number of piperazine rings is 1. The number of nitrogens with zero attached hydrogens (tertiary/aromatic N) is 4. The molecule has 34 heavy (non-hydrogen) atoms. The van der Waals surface area contributed by atoms with Crippen LogP contribution in [0.2, 0.25) is 0 Å². The van der Waals surface area contributed by atoms with Crippen LogP contribution in [0.5, 0.6) is 0 Å². The number of rotatable bonds is 4. The molecule has 0 bridgehead atoms. The summed E-state index contributed by atoms with van der Waals surface area (Å²) in [5.74, 6) is -0.796. The normalized spacial score (nSPS) is 14.8. The lowest BCUT2D eigenvalue weighted by Gasteiger charge is -2.34. The Morgan fingerprint density at radius 3 is 2.29 bits per heavy atom. The number of alkyl halides is 3. The average Bonchev–Trinajstić information content (AvgIpc) is 2.79. The van der Waals surface area contributed by atoms with E-state index in [-0.39, 0.29) is 11.4 Å². The van der Waals surface area contributed by atoms with Crippen molar-refractivity contribution in [1.82, 2.24) is 14.7 Å². The zero-order valence-corrected chi connectivity index (χ0v) is 18.8. The van der Waals surface area contributed by atoms with Crippen molar-refractivity contribution in [2.45, 2.75) is 13.1 Å². The first-order valence-corrected chi connectivity index (χ1v) is 10.8. The number of likely N-dealkylation sites (N-methyl/N-ethyl adjacent to an activating group) is 1. The van der Waals surface area contributed by atoms with Gasteiger partial charge in [-0.15, -0.1) is 0 Å². The smallest absolute Gasteiger partial charge is 0.369 e. The maximum atomic E-state index is 13.5. The predicted octanol–water partition coefficient (Wildman–Crippen LogP) is 3.56. The van der Waals surface area contributed by atoms with Crippen molar-refractivity contribution in [2.75, 3.05) is 43.4 Å². The highest BCUT2D eigenvalue weighted by Crippen LogP contribution is 2.33. The van der Waals surface area contributed by atoms with Crippen LogP contribution in [-0.4, -0.2) is 53.8 Å². The number of para-hydroxylation sites is 1. The van der Waals surface area contributed by atoms with Gasteiger partial charge in [0.2, 0.25) is 5.43 Å². The zero-order chi connectivity index (χ0) is 24.5. The van der Waals surface area contributed by atoms with E-state index in [4.69, 9.17) is 0 Å². The van der Waals surface area contributed by atoms with Gasteiger partial charge < -0.3 is 15.1 Å². The van der Waals surface area contributed by atoms with E-state index in [2.05, 4.69) is 27.3 Å². The molecule has 2 aromatic carbocycles. The van der Waals surface area contributed by atoms with E-state index in [9.17, 15) is 22.8 Å². The van der Waals surface area contributed by atoms with Gasteiger partial charge in [-0.3, -0.25) is 9.59 Å². The Hall–Kier alpha value is -3.66. The van der Waals surface area contributed by atoms with Gasteiger partial charge in [0.05, 0.1) is 11.3 Å². The highest BCUT2D eigenvalue weighted by molar-refractivity contribution is 6.02. The van der Waals surface area contributed by atoms with Gasteiger partial charge in [0, 0.05) is 49.3 Å². The molecule has 3 aromatic rings. The summed E-state index contributed by atoms with van der Waals surface area (Å²) in [5.41, 5.74) is -0.707. The Bertz CT molecular complexity index is 1250. The molecule has 1 aromatic heterocycles. The molecule has 1 aliphatic heterocycles. The molecular formula is C24H24F3N5O2. The minimum atomic E-state index is -4.62. The topological polar surface area (TPSA) is 70.5 Å². The fourth-order valence-electron chi connectivity index (χ4n) is 3.86. The van der Waals surface area contributed by atoms with Gasteiger partial charge in [-0.05, 0) is 50.4 Å². The van der Waals surface area contributed by atoms with Crippen molar-refractivity contribution in [3.8, 4) is 5.69 Å². The van der Waals surface area contributed by atoms with Gasteiger partial charge in [-0.1, -0.05) is 12.1 Å². The van der Waals surface area contributed by atoms with Gasteiger partial charge in [0.15, 0.2) is 5.69 Å². The van der Waals surface area contributed by atoms with E-state index in [0.29, 0.717) is 5.69 Å². The second-order valence-electron chi connectivity index (χ2n) is 8.22. The molecule has 4 rings (SSSR count). The highest BCUT2D eigenvalue weighted by Gasteiger charge is 2.34. The van der Waals surface area contributed by atoms with Crippen LogP contribution in [-0.2, 0) is 6.18 Å². The molecule has 0 spiro atoms. The van der Waals surface area contributed by atoms with Crippen molar-refractivity contribution in [3.05, 3.63) is 81.8 Å². The Morgan fingerprint density at radius 2 is 1.65 bits per heavy atom. The van der Waals surface area contributed by atoms with E-state index in [1.54, 1.807) is 12.1 Å². The molecule has 1 amide bonds. The Morgan fingerprint density at radius 1 is 1.00 bits per heavy atom. The lowest BCUT2D eigenvalue weighted by atomic mass is 10.1. The molecular weight excluding hydrogens is 447 g/mol. The second-order valence-corrected chi connectivity index (χ2v) is 8.22. The maximum Gasteiger partial charge on any atom is 0.418 e. The van der Waals surface area contributed by atoms with Gasteiger partial charge in [-0.25, -0.2) is 4.68 Å². The molecule has 0 atom stereocenters. The maximum absolute atomic E-state index is 13.5. The number of amides is 1. The van der Waals surface area contributed by atoms with Crippen LogP contribution in [0.4, 0.5) is 24.5 Å². The third kappa shape index (κ3) is 4.96. The summed E-state index contributed by atoms with van der Waals surface area (Å²) in [5, 5.41) is 6.61. The number of carbonyl (C=O) groups is 1. The van der Waals surface area contributed by atoms with Crippen molar-refractivity contribution >= 4 is 17.3 Å². The number of carbonyl (C=O) groups excluding carboxylic acids is 1. The number of aromatic nitrogens is 2. The number of benzene rings is 2. The van der Waals surface area contributed by atoms with Gasteiger partial charge in [-0.2, -0.15) is 18.3 Å². The Labute approximate surface area is 194 Å². The van der Waals surface area contributed by atoms with Crippen LogP contribution in [0.1, 0.15) is 21.7 Å². The summed E-state index contributed by atoms with van der Waals surface area (Å²) in [6, 6.07) is 13.2.